The van der Waals surface area contributed by atoms with Crippen molar-refractivity contribution in [3.63, 3.8) is 0 Å². The zero-order chi connectivity index (χ0) is 6.85. The molecule has 48 valence electrons. The van der Waals surface area contributed by atoms with Crippen LogP contribution in [0.1, 0.15) is 0 Å². The van der Waals surface area contributed by atoms with Crippen LogP contribution in [0.5, 0.6) is 0 Å². The molecule has 5 heteroatoms. The van der Waals surface area contributed by atoms with E-state index in [9.17, 15) is 13.6 Å². The molecule has 0 unspecified atom stereocenters. The Morgan fingerprint density at radius 3 is 2.44 bits per heavy atom. The van der Waals surface area contributed by atoms with Crippen molar-refractivity contribution in [3.05, 3.63) is 0 Å². The maximum absolute atomic E-state index is 11.6. The van der Waals surface area contributed by atoms with Crippen LogP contribution in [0, 0.1) is 0 Å². The number of Topliss-reactive ketones (excluding diaryl/α,β-unsaturated/α-hetero) is 1. The third kappa shape index (κ3) is 0.984. The highest BCUT2D eigenvalue weighted by atomic mass is 19.3. The van der Waals surface area contributed by atoms with Crippen molar-refractivity contribution in [2.24, 2.45) is 10.2 Å². The zero-order valence-corrected chi connectivity index (χ0v) is 4.21. The fraction of sp³-hybridized carbons (Fsp3) is 0.250. The minimum atomic E-state index is -2.81. The second-order valence-electron chi connectivity index (χ2n) is 1.39. The first kappa shape index (κ1) is 6.00. The molecule has 0 saturated carbocycles. The molecule has 0 bridgehead atoms. The summed E-state index contributed by atoms with van der Waals surface area (Å²) in [6.07, 6.45) is -2.04. The number of hydrogen-bond donors (Lipinski definition) is 0. The monoisotopic (exact) mass is 132 g/mol. The van der Waals surface area contributed by atoms with Crippen LogP contribution >= 0.6 is 0 Å². The van der Waals surface area contributed by atoms with E-state index in [0.29, 0.717) is 0 Å². The summed E-state index contributed by atoms with van der Waals surface area (Å²) in [5.74, 6) is -0.801. The summed E-state index contributed by atoms with van der Waals surface area (Å²) in [7, 11) is 0. The lowest BCUT2D eigenvalue weighted by atomic mass is 10.3. The molecule has 0 N–H and O–H groups in total. The number of halogens is 2. The second-order valence-corrected chi connectivity index (χ2v) is 1.39. The molecule has 1 rings (SSSR count). The molecule has 0 aromatic carbocycles. The molecule has 0 aromatic rings. The third-order valence-corrected chi connectivity index (χ3v) is 0.800. The first-order valence-corrected chi connectivity index (χ1v) is 2.15. The average molecular weight is 132 g/mol. The minimum absolute atomic E-state index is 0.765. The van der Waals surface area contributed by atoms with Crippen molar-refractivity contribution in [2.75, 3.05) is 0 Å². The molecule has 0 fully saturated rings. The van der Waals surface area contributed by atoms with Gasteiger partial charge in [-0.15, -0.1) is 5.10 Å². The van der Waals surface area contributed by atoms with Crippen molar-refractivity contribution in [3.8, 4) is 0 Å². The van der Waals surface area contributed by atoms with Gasteiger partial charge in [0.25, 0.3) is 6.43 Å². The van der Waals surface area contributed by atoms with E-state index in [1.807, 2.05) is 0 Å². The molecule has 1 aliphatic heterocycles. The summed E-state index contributed by atoms with van der Waals surface area (Å²) in [6, 6.07) is 0. The van der Waals surface area contributed by atoms with Gasteiger partial charge in [0.1, 0.15) is 0 Å². The normalized spacial score (nSPS) is 17.2. The van der Waals surface area contributed by atoms with Crippen LogP contribution in [0.3, 0.4) is 0 Å². The Morgan fingerprint density at radius 1 is 1.56 bits per heavy atom. The van der Waals surface area contributed by atoms with E-state index in [4.69, 9.17) is 0 Å². The molecule has 0 aliphatic carbocycles. The van der Waals surface area contributed by atoms with Crippen LogP contribution in [-0.4, -0.2) is 24.1 Å². The maximum atomic E-state index is 11.6. The van der Waals surface area contributed by atoms with E-state index < -0.39 is 17.9 Å². The molecule has 0 saturated heterocycles. The molecule has 9 heavy (non-hydrogen) atoms. The van der Waals surface area contributed by atoms with E-state index in [2.05, 4.69) is 10.2 Å². The fourth-order valence-electron chi connectivity index (χ4n) is 0.410. The van der Waals surface area contributed by atoms with Crippen LogP contribution < -0.4 is 0 Å². The molecular formula is C4H2F2N2O. The quantitative estimate of drug-likeness (QED) is 0.504. The van der Waals surface area contributed by atoms with Crippen LogP contribution in [-0.2, 0) is 4.79 Å². The van der Waals surface area contributed by atoms with Crippen LogP contribution in [0.2, 0.25) is 0 Å². The Balaban J connectivity index is 2.76. The molecule has 0 spiro atoms. The molecule has 1 aliphatic rings. The number of nitrogens with zero attached hydrogens (tertiary/aromatic N) is 2. The minimum Gasteiger partial charge on any atom is -0.286 e. The molecular weight excluding hydrogens is 130 g/mol. The predicted octanol–water partition coefficient (Wildman–Crippen LogP) is 0.261. The van der Waals surface area contributed by atoms with Gasteiger partial charge in [0, 0.05) is 0 Å². The SMILES string of the molecule is O=C1C=NN=C1C(F)F. The highest BCUT2D eigenvalue weighted by molar-refractivity contribution is 6.62. The van der Waals surface area contributed by atoms with E-state index in [-0.39, 0.29) is 0 Å². The fourth-order valence-corrected chi connectivity index (χ4v) is 0.410. The Morgan fingerprint density at radius 2 is 2.22 bits per heavy atom. The smallest absolute Gasteiger partial charge is 0.286 e. The molecule has 0 radical (unpaired) electrons. The van der Waals surface area contributed by atoms with Crippen LogP contribution in [0.4, 0.5) is 8.78 Å². The van der Waals surface area contributed by atoms with Gasteiger partial charge in [-0.2, -0.15) is 5.10 Å². The van der Waals surface area contributed by atoms with E-state index in [1.54, 1.807) is 0 Å². The van der Waals surface area contributed by atoms with Crippen molar-refractivity contribution in [1.29, 1.82) is 0 Å². The standard InChI is InChI=1S/C4H2F2N2O/c5-4(6)3-2(9)1-7-8-3/h1,4H. The Kier molecular flexibility index (Phi) is 1.33. The Labute approximate surface area is 49.1 Å². The predicted molar refractivity (Wildman–Crippen MR) is 26.9 cm³/mol. The van der Waals surface area contributed by atoms with Gasteiger partial charge in [0.05, 0.1) is 6.21 Å². The highest BCUT2D eigenvalue weighted by Gasteiger charge is 2.23. The summed E-state index contributed by atoms with van der Waals surface area (Å²) in [5.41, 5.74) is -0.769. The zero-order valence-electron chi connectivity index (χ0n) is 4.21. The lowest BCUT2D eigenvalue weighted by Crippen LogP contribution is -2.19. The van der Waals surface area contributed by atoms with Gasteiger partial charge in [0.15, 0.2) is 5.71 Å². The average Bonchev–Trinajstić information content (AvgIpc) is 2.13. The van der Waals surface area contributed by atoms with Gasteiger partial charge in [-0.3, -0.25) is 4.79 Å². The van der Waals surface area contributed by atoms with E-state index >= 15 is 0 Å². The van der Waals surface area contributed by atoms with Gasteiger partial charge >= 0.3 is 0 Å². The molecule has 1 heterocycles. The summed E-state index contributed by atoms with van der Waals surface area (Å²) in [5, 5.41) is 5.90. The summed E-state index contributed by atoms with van der Waals surface area (Å²) in [4.78, 5) is 10.3. The number of alkyl halides is 2. The summed E-state index contributed by atoms with van der Waals surface area (Å²) in [6.45, 7) is 0. The second kappa shape index (κ2) is 2.00. The van der Waals surface area contributed by atoms with Gasteiger partial charge < -0.3 is 0 Å². The highest BCUT2D eigenvalue weighted by Crippen LogP contribution is 2.01. The Hall–Kier alpha value is -1.13. The number of carbonyl (C=O) groups excluding carboxylic acids is 1. The molecule has 0 atom stereocenters. The first-order chi connectivity index (χ1) is 4.22. The summed E-state index contributed by atoms with van der Waals surface area (Å²) < 4.78 is 23.1. The molecule has 0 aromatic heterocycles. The van der Waals surface area contributed by atoms with Gasteiger partial charge in [-0.25, -0.2) is 8.78 Å². The summed E-state index contributed by atoms with van der Waals surface area (Å²) >= 11 is 0. The Bertz CT molecular complexity index is 197. The topological polar surface area (TPSA) is 41.8 Å². The molecule has 3 nitrogen and oxygen atoms in total. The lowest BCUT2D eigenvalue weighted by Gasteiger charge is -1.89. The number of ketones is 1. The van der Waals surface area contributed by atoms with Crippen LogP contribution in [0.15, 0.2) is 10.2 Å². The van der Waals surface area contributed by atoms with E-state index in [1.165, 1.54) is 0 Å². The number of hydrogen-bond acceptors (Lipinski definition) is 3. The van der Waals surface area contributed by atoms with Crippen molar-refractivity contribution in [2.45, 2.75) is 6.43 Å². The van der Waals surface area contributed by atoms with Gasteiger partial charge in [-0.05, 0) is 0 Å². The maximum Gasteiger partial charge on any atom is 0.286 e. The van der Waals surface area contributed by atoms with Crippen LogP contribution in [0.25, 0.3) is 0 Å². The molecule has 0 amide bonds. The largest absolute Gasteiger partial charge is 0.286 e. The number of carbonyl (C=O) groups is 1. The van der Waals surface area contributed by atoms with E-state index in [0.717, 1.165) is 6.21 Å². The van der Waals surface area contributed by atoms with Crippen molar-refractivity contribution < 1.29 is 13.6 Å². The van der Waals surface area contributed by atoms with Crippen molar-refractivity contribution >= 4 is 17.7 Å². The van der Waals surface area contributed by atoms with Crippen molar-refractivity contribution in [1.82, 2.24) is 0 Å². The lowest BCUT2D eigenvalue weighted by molar-refractivity contribution is -0.107. The first-order valence-electron chi connectivity index (χ1n) is 2.15. The third-order valence-electron chi connectivity index (χ3n) is 0.800. The number of rotatable bonds is 1. The van der Waals surface area contributed by atoms with Gasteiger partial charge in [0.2, 0.25) is 5.78 Å². The van der Waals surface area contributed by atoms with Gasteiger partial charge in [-0.1, -0.05) is 0 Å².